The molecule has 118 valence electrons. The average molecular weight is 338 g/mol. The van der Waals surface area contributed by atoms with E-state index in [2.05, 4.69) is 10.0 Å². The highest BCUT2D eigenvalue weighted by Crippen LogP contribution is 2.19. The molecule has 0 saturated carbocycles. The molecule has 0 saturated heterocycles. The highest BCUT2D eigenvalue weighted by Gasteiger charge is 2.18. The standard InChI is InChI=1S/C15H18N2O3S2/c1-2-16-15(18)14-10-13(11-21-14)22(19,20)17-9-8-12-6-4-3-5-7-12/h3-7,10-11,17H,2,8-9H2,1H3,(H,16,18). The van der Waals surface area contributed by atoms with E-state index in [0.29, 0.717) is 24.4 Å². The normalized spacial score (nSPS) is 11.3. The highest BCUT2D eigenvalue weighted by atomic mass is 32.2. The minimum absolute atomic E-state index is 0.131. The summed E-state index contributed by atoms with van der Waals surface area (Å²) in [5.41, 5.74) is 1.07. The second-order valence-corrected chi connectivity index (χ2v) is 7.32. The van der Waals surface area contributed by atoms with Gasteiger partial charge in [0.15, 0.2) is 0 Å². The van der Waals surface area contributed by atoms with Crippen LogP contribution in [0.3, 0.4) is 0 Å². The van der Waals surface area contributed by atoms with Gasteiger partial charge in [0.1, 0.15) is 0 Å². The maximum atomic E-state index is 12.2. The molecule has 0 radical (unpaired) electrons. The fourth-order valence-corrected chi connectivity index (χ4v) is 4.11. The van der Waals surface area contributed by atoms with E-state index in [1.165, 1.54) is 11.4 Å². The summed E-state index contributed by atoms with van der Waals surface area (Å²) in [6, 6.07) is 11.1. The number of carbonyl (C=O) groups is 1. The Morgan fingerprint density at radius 2 is 1.95 bits per heavy atom. The van der Waals surface area contributed by atoms with Crippen molar-refractivity contribution < 1.29 is 13.2 Å². The molecule has 1 aromatic carbocycles. The van der Waals surface area contributed by atoms with Crippen molar-refractivity contribution in [3.8, 4) is 0 Å². The summed E-state index contributed by atoms with van der Waals surface area (Å²) in [6.07, 6.45) is 0.618. The third kappa shape index (κ3) is 4.40. The summed E-state index contributed by atoms with van der Waals surface area (Å²) in [5.74, 6) is -0.252. The summed E-state index contributed by atoms with van der Waals surface area (Å²) < 4.78 is 26.9. The Hall–Kier alpha value is -1.70. The number of nitrogens with one attached hydrogen (secondary N) is 2. The fraction of sp³-hybridized carbons (Fsp3) is 0.267. The van der Waals surface area contributed by atoms with Gasteiger partial charge in [-0.1, -0.05) is 30.3 Å². The van der Waals surface area contributed by atoms with Crippen LogP contribution in [0, 0.1) is 0 Å². The predicted octanol–water partition coefficient (Wildman–Crippen LogP) is 2.02. The van der Waals surface area contributed by atoms with Crippen molar-refractivity contribution in [2.24, 2.45) is 0 Å². The molecule has 0 aliphatic carbocycles. The molecule has 0 fully saturated rings. The van der Waals surface area contributed by atoms with E-state index in [1.807, 2.05) is 37.3 Å². The first-order chi connectivity index (χ1) is 10.5. The molecule has 2 rings (SSSR count). The van der Waals surface area contributed by atoms with Crippen LogP contribution in [0.5, 0.6) is 0 Å². The van der Waals surface area contributed by atoms with Crippen molar-refractivity contribution in [1.82, 2.24) is 10.0 Å². The number of hydrogen-bond donors (Lipinski definition) is 2. The van der Waals surface area contributed by atoms with Crippen LogP contribution in [0.4, 0.5) is 0 Å². The Bertz CT molecular complexity index is 724. The van der Waals surface area contributed by atoms with Gasteiger partial charge < -0.3 is 5.32 Å². The average Bonchev–Trinajstić information content (AvgIpc) is 2.99. The van der Waals surface area contributed by atoms with E-state index in [0.717, 1.165) is 16.9 Å². The second kappa shape index (κ2) is 7.53. The van der Waals surface area contributed by atoms with Gasteiger partial charge in [-0.05, 0) is 25.0 Å². The van der Waals surface area contributed by atoms with Crippen LogP contribution in [-0.2, 0) is 16.4 Å². The van der Waals surface area contributed by atoms with Crippen LogP contribution in [0.25, 0.3) is 0 Å². The molecule has 22 heavy (non-hydrogen) atoms. The first-order valence-corrected chi connectivity index (χ1v) is 9.29. The summed E-state index contributed by atoms with van der Waals surface area (Å²) in [4.78, 5) is 12.2. The van der Waals surface area contributed by atoms with E-state index in [-0.39, 0.29) is 10.8 Å². The van der Waals surface area contributed by atoms with Crippen LogP contribution in [0.15, 0.2) is 46.7 Å². The lowest BCUT2D eigenvalue weighted by Crippen LogP contribution is -2.26. The topological polar surface area (TPSA) is 75.3 Å². The largest absolute Gasteiger partial charge is 0.352 e. The molecule has 0 aliphatic rings. The molecule has 1 aromatic heterocycles. The van der Waals surface area contributed by atoms with E-state index in [1.54, 1.807) is 0 Å². The Morgan fingerprint density at radius 1 is 1.23 bits per heavy atom. The van der Waals surface area contributed by atoms with Crippen molar-refractivity contribution in [1.29, 1.82) is 0 Å². The molecule has 0 spiro atoms. The van der Waals surface area contributed by atoms with Gasteiger partial charge in [-0.2, -0.15) is 0 Å². The third-order valence-corrected chi connectivity index (χ3v) is 5.51. The number of hydrogen-bond acceptors (Lipinski definition) is 4. The van der Waals surface area contributed by atoms with Crippen LogP contribution in [0.2, 0.25) is 0 Å². The molecule has 5 nitrogen and oxygen atoms in total. The molecular weight excluding hydrogens is 320 g/mol. The molecular formula is C15H18N2O3S2. The number of thiophene rings is 1. The number of amides is 1. The number of sulfonamides is 1. The van der Waals surface area contributed by atoms with Gasteiger partial charge in [-0.15, -0.1) is 11.3 Å². The summed E-state index contributed by atoms with van der Waals surface area (Å²) in [6.45, 7) is 2.64. The maximum absolute atomic E-state index is 12.2. The Balaban J connectivity index is 1.97. The fourth-order valence-electron chi connectivity index (χ4n) is 1.88. The zero-order chi connectivity index (χ0) is 16.0. The molecule has 0 bridgehead atoms. The Morgan fingerprint density at radius 3 is 2.64 bits per heavy atom. The molecule has 2 aromatic rings. The zero-order valence-corrected chi connectivity index (χ0v) is 13.8. The van der Waals surface area contributed by atoms with Crippen molar-refractivity contribution in [2.45, 2.75) is 18.2 Å². The first-order valence-electron chi connectivity index (χ1n) is 6.93. The predicted molar refractivity (Wildman–Crippen MR) is 87.7 cm³/mol. The molecule has 2 N–H and O–H groups in total. The third-order valence-electron chi connectivity index (χ3n) is 3.00. The van der Waals surface area contributed by atoms with Gasteiger partial charge in [0.05, 0.1) is 9.77 Å². The van der Waals surface area contributed by atoms with Crippen LogP contribution >= 0.6 is 11.3 Å². The molecule has 1 amide bonds. The maximum Gasteiger partial charge on any atom is 0.261 e. The highest BCUT2D eigenvalue weighted by molar-refractivity contribution is 7.89. The summed E-state index contributed by atoms with van der Waals surface area (Å²) >= 11 is 1.12. The molecule has 1 heterocycles. The number of benzene rings is 1. The molecule has 7 heteroatoms. The van der Waals surface area contributed by atoms with E-state index in [4.69, 9.17) is 0 Å². The quantitative estimate of drug-likeness (QED) is 0.811. The van der Waals surface area contributed by atoms with Crippen molar-refractivity contribution in [3.05, 3.63) is 52.2 Å². The summed E-state index contributed by atoms with van der Waals surface area (Å²) in [7, 11) is -3.58. The van der Waals surface area contributed by atoms with Gasteiger partial charge in [-0.25, -0.2) is 13.1 Å². The van der Waals surface area contributed by atoms with Crippen molar-refractivity contribution in [3.63, 3.8) is 0 Å². The van der Waals surface area contributed by atoms with Crippen LogP contribution in [-0.4, -0.2) is 27.4 Å². The molecule has 0 unspecified atom stereocenters. The smallest absolute Gasteiger partial charge is 0.261 e. The Labute approximate surface area is 134 Å². The van der Waals surface area contributed by atoms with E-state index in [9.17, 15) is 13.2 Å². The molecule has 0 aliphatic heterocycles. The minimum Gasteiger partial charge on any atom is -0.352 e. The van der Waals surface area contributed by atoms with E-state index < -0.39 is 10.0 Å². The van der Waals surface area contributed by atoms with Gasteiger partial charge in [0, 0.05) is 18.5 Å². The van der Waals surface area contributed by atoms with Gasteiger partial charge in [0.2, 0.25) is 10.0 Å². The Kier molecular flexibility index (Phi) is 5.70. The first kappa shape index (κ1) is 16.7. The second-order valence-electron chi connectivity index (χ2n) is 4.64. The van der Waals surface area contributed by atoms with Gasteiger partial charge >= 0.3 is 0 Å². The molecule has 0 atom stereocenters. The van der Waals surface area contributed by atoms with Crippen molar-refractivity contribution >= 4 is 27.3 Å². The summed E-state index contributed by atoms with van der Waals surface area (Å²) in [5, 5.41) is 4.13. The van der Waals surface area contributed by atoms with Gasteiger partial charge in [0.25, 0.3) is 5.91 Å². The lowest BCUT2D eigenvalue weighted by molar-refractivity contribution is 0.0959. The van der Waals surface area contributed by atoms with E-state index >= 15 is 0 Å². The van der Waals surface area contributed by atoms with Crippen molar-refractivity contribution in [2.75, 3.05) is 13.1 Å². The lowest BCUT2D eigenvalue weighted by Gasteiger charge is -2.05. The minimum atomic E-state index is -3.58. The SMILES string of the molecule is CCNC(=O)c1cc(S(=O)(=O)NCCc2ccccc2)cs1. The lowest BCUT2D eigenvalue weighted by atomic mass is 10.2. The number of carbonyl (C=O) groups excluding carboxylic acids is 1. The van der Waals surface area contributed by atoms with Crippen LogP contribution in [0.1, 0.15) is 22.2 Å². The van der Waals surface area contributed by atoms with Gasteiger partial charge in [-0.3, -0.25) is 4.79 Å². The monoisotopic (exact) mass is 338 g/mol. The number of rotatable bonds is 7. The zero-order valence-electron chi connectivity index (χ0n) is 12.2. The van der Waals surface area contributed by atoms with Crippen LogP contribution < -0.4 is 10.0 Å².